The lowest BCUT2D eigenvalue weighted by Crippen LogP contribution is -2.33. The predicted octanol–water partition coefficient (Wildman–Crippen LogP) is 5.81. The zero-order valence-electron chi connectivity index (χ0n) is 19.5. The molecule has 4 heterocycles. The van der Waals surface area contributed by atoms with Crippen molar-refractivity contribution in [3.05, 3.63) is 40.8 Å². The molecule has 5 rings (SSSR count). The monoisotopic (exact) mass is 513 g/mol. The zero-order valence-corrected chi connectivity index (χ0v) is 21.9. The first-order valence-electron chi connectivity index (χ1n) is 11.4. The molecule has 0 spiro atoms. The average Bonchev–Trinajstić information content (AvgIpc) is 3.42. The quantitative estimate of drug-likeness (QED) is 0.235. The first-order valence-corrected chi connectivity index (χ1v) is 14.2. The SMILES string of the molecule is CCCSc1nc2sc3c(c2c2nnc(SCC(=O)Nc4ccccc4)n12)C[C@](C)(CC)OC3. The van der Waals surface area contributed by atoms with E-state index >= 15 is 0 Å². The summed E-state index contributed by atoms with van der Waals surface area (Å²) in [5.41, 5.74) is 2.71. The molecule has 0 saturated carbocycles. The van der Waals surface area contributed by atoms with Gasteiger partial charge in [-0.1, -0.05) is 55.6 Å². The highest BCUT2D eigenvalue weighted by atomic mass is 32.2. The van der Waals surface area contributed by atoms with Crippen molar-refractivity contribution in [2.75, 3.05) is 16.8 Å². The van der Waals surface area contributed by atoms with Crippen LogP contribution in [0.2, 0.25) is 0 Å². The lowest BCUT2D eigenvalue weighted by Gasteiger charge is -2.33. The van der Waals surface area contributed by atoms with Gasteiger partial charge in [0.15, 0.2) is 16.0 Å². The van der Waals surface area contributed by atoms with Crippen LogP contribution in [0.15, 0.2) is 40.6 Å². The highest BCUT2D eigenvalue weighted by Gasteiger charge is 2.33. The van der Waals surface area contributed by atoms with Gasteiger partial charge in [0.2, 0.25) is 5.91 Å². The number of anilines is 1. The number of rotatable bonds is 8. The maximum absolute atomic E-state index is 12.5. The number of carbonyl (C=O) groups is 1. The number of amides is 1. The van der Waals surface area contributed by atoms with Crippen molar-refractivity contribution in [3.8, 4) is 0 Å². The molecule has 178 valence electrons. The minimum atomic E-state index is -0.180. The van der Waals surface area contributed by atoms with Crippen LogP contribution < -0.4 is 5.32 Å². The lowest BCUT2D eigenvalue weighted by molar-refractivity contribution is -0.113. The summed E-state index contributed by atoms with van der Waals surface area (Å²) in [5, 5.41) is 14.7. The number of thioether (sulfide) groups is 2. The van der Waals surface area contributed by atoms with Crippen LogP contribution in [-0.2, 0) is 22.6 Å². The van der Waals surface area contributed by atoms with Gasteiger partial charge in [-0.3, -0.25) is 4.79 Å². The largest absolute Gasteiger partial charge is 0.369 e. The first kappa shape index (κ1) is 23.6. The van der Waals surface area contributed by atoms with Gasteiger partial charge in [0, 0.05) is 22.7 Å². The Morgan fingerprint density at radius 3 is 2.79 bits per heavy atom. The van der Waals surface area contributed by atoms with Crippen LogP contribution in [0.4, 0.5) is 5.69 Å². The average molecular weight is 514 g/mol. The Hall–Kier alpha value is -2.14. The van der Waals surface area contributed by atoms with Gasteiger partial charge in [0.1, 0.15) is 4.83 Å². The van der Waals surface area contributed by atoms with E-state index in [9.17, 15) is 4.79 Å². The third-order valence-corrected chi connectivity index (χ3v) is 9.17. The van der Waals surface area contributed by atoms with Gasteiger partial charge in [-0.15, -0.1) is 21.5 Å². The van der Waals surface area contributed by atoms with Crippen LogP contribution in [0.1, 0.15) is 44.1 Å². The van der Waals surface area contributed by atoms with Crippen LogP contribution in [0, 0.1) is 0 Å². The summed E-state index contributed by atoms with van der Waals surface area (Å²) in [6.45, 7) is 7.11. The molecule has 0 bridgehead atoms. The Bertz CT molecular complexity index is 1340. The van der Waals surface area contributed by atoms with E-state index in [0.717, 1.165) is 51.7 Å². The molecule has 0 aliphatic carbocycles. The number of hydrogen-bond donors (Lipinski definition) is 1. The van der Waals surface area contributed by atoms with Crippen molar-refractivity contribution in [2.24, 2.45) is 0 Å². The van der Waals surface area contributed by atoms with Gasteiger partial charge in [-0.05, 0) is 37.5 Å². The molecular formula is C24H27N5O2S3. The first-order chi connectivity index (χ1) is 16.5. The number of ether oxygens (including phenoxy) is 1. The van der Waals surface area contributed by atoms with Crippen molar-refractivity contribution in [1.82, 2.24) is 19.6 Å². The maximum Gasteiger partial charge on any atom is 0.234 e. The molecule has 0 fully saturated rings. The Labute approximate surface area is 211 Å². The maximum atomic E-state index is 12.5. The highest BCUT2D eigenvalue weighted by molar-refractivity contribution is 8.00. The molecule has 10 heteroatoms. The molecule has 34 heavy (non-hydrogen) atoms. The van der Waals surface area contributed by atoms with E-state index in [-0.39, 0.29) is 17.3 Å². The molecule has 0 saturated heterocycles. The van der Waals surface area contributed by atoms with Crippen LogP contribution in [0.25, 0.3) is 15.9 Å². The number of fused-ring (bicyclic) bond motifs is 5. The Morgan fingerprint density at radius 1 is 1.21 bits per heavy atom. The van der Waals surface area contributed by atoms with Crippen molar-refractivity contribution >= 4 is 62.3 Å². The number of aromatic nitrogens is 4. The Balaban J connectivity index is 1.51. The number of benzene rings is 1. The fourth-order valence-corrected chi connectivity index (χ4v) is 6.77. The van der Waals surface area contributed by atoms with Crippen LogP contribution >= 0.6 is 34.9 Å². The summed E-state index contributed by atoms with van der Waals surface area (Å²) in [6, 6.07) is 9.48. The van der Waals surface area contributed by atoms with E-state index in [4.69, 9.17) is 9.72 Å². The van der Waals surface area contributed by atoms with Gasteiger partial charge in [-0.2, -0.15) is 0 Å². The number of carbonyl (C=O) groups excluding carboxylic acids is 1. The molecule has 0 unspecified atom stereocenters. The molecule has 7 nitrogen and oxygen atoms in total. The molecule has 1 aliphatic rings. The minimum Gasteiger partial charge on any atom is -0.369 e. The van der Waals surface area contributed by atoms with Crippen molar-refractivity contribution in [1.29, 1.82) is 0 Å². The standard InChI is InChI=1S/C24H27N5O2S3/c1-4-11-32-22-26-21-19(16-12-24(3,5-2)31-13-17(16)34-21)20-27-28-23(29(20)22)33-14-18(30)25-15-9-7-6-8-10-15/h6-10H,4-5,11-14H2,1-3H3,(H,25,30)/t24-/m0/s1. The van der Waals surface area contributed by atoms with Gasteiger partial charge in [-0.25, -0.2) is 9.38 Å². The van der Waals surface area contributed by atoms with E-state index < -0.39 is 0 Å². The summed E-state index contributed by atoms with van der Waals surface area (Å²) in [4.78, 5) is 19.8. The van der Waals surface area contributed by atoms with E-state index in [1.165, 1.54) is 22.2 Å². The molecule has 1 atom stereocenters. The number of hydrogen-bond acceptors (Lipinski definition) is 8. The van der Waals surface area contributed by atoms with Gasteiger partial charge < -0.3 is 10.1 Å². The fourth-order valence-electron chi connectivity index (χ4n) is 3.98. The van der Waals surface area contributed by atoms with Crippen molar-refractivity contribution in [3.63, 3.8) is 0 Å². The number of nitrogens with one attached hydrogen (secondary N) is 1. The lowest BCUT2D eigenvalue weighted by atomic mass is 9.90. The minimum absolute atomic E-state index is 0.0754. The van der Waals surface area contributed by atoms with E-state index in [1.54, 1.807) is 23.1 Å². The second-order valence-corrected chi connectivity index (χ2v) is 11.6. The molecule has 1 aliphatic heterocycles. The summed E-state index contributed by atoms with van der Waals surface area (Å²) in [6.07, 6.45) is 2.83. The molecule has 4 aromatic rings. The third kappa shape index (κ3) is 4.56. The molecule has 1 amide bonds. The summed E-state index contributed by atoms with van der Waals surface area (Å²) >= 11 is 4.79. The second kappa shape index (κ2) is 9.85. The molecular weight excluding hydrogens is 486 g/mol. The second-order valence-electron chi connectivity index (χ2n) is 8.54. The van der Waals surface area contributed by atoms with Gasteiger partial charge in [0.05, 0.1) is 23.3 Å². The summed E-state index contributed by atoms with van der Waals surface area (Å²) in [5.74, 6) is 1.12. The van der Waals surface area contributed by atoms with Crippen LogP contribution in [0.3, 0.4) is 0 Å². The number of para-hydroxylation sites is 1. The smallest absolute Gasteiger partial charge is 0.234 e. The third-order valence-electron chi connectivity index (χ3n) is 5.99. The predicted molar refractivity (Wildman–Crippen MR) is 140 cm³/mol. The van der Waals surface area contributed by atoms with Crippen molar-refractivity contribution < 1.29 is 9.53 Å². The summed E-state index contributed by atoms with van der Waals surface area (Å²) < 4.78 is 8.22. The Kier molecular flexibility index (Phi) is 6.83. The zero-order chi connectivity index (χ0) is 23.7. The number of nitrogens with zero attached hydrogens (tertiary/aromatic N) is 4. The molecule has 0 radical (unpaired) electrons. The van der Waals surface area contributed by atoms with Gasteiger partial charge in [0.25, 0.3) is 0 Å². The van der Waals surface area contributed by atoms with Crippen LogP contribution in [-0.4, -0.2) is 42.6 Å². The van der Waals surface area contributed by atoms with Gasteiger partial charge >= 0.3 is 0 Å². The van der Waals surface area contributed by atoms with Crippen LogP contribution in [0.5, 0.6) is 0 Å². The fraction of sp³-hybridized carbons (Fsp3) is 0.417. The van der Waals surface area contributed by atoms with E-state index in [1.807, 2.05) is 34.7 Å². The topological polar surface area (TPSA) is 81.4 Å². The molecule has 3 aromatic heterocycles. The van der Waals surface area contributed by atoms with E-state index in [2.05, 4.69) is 36.3 Å². The summed E-state index contributed by atoms with van der Waals surface area (Å²) in [7, 11) is 0. The Morgan fingerprint density at radius 2 is 2.03 bits per heavy atom. The van der Waals surface area contributed by atoms with Crippen molar-refractivity contribution in [2.45, 2.75) is 62.6 Å². The molecule has 1 N–H and O–H groups in total. The highest BCUT2D eigenvalue weighted by Crippen LogP contribution is 2.42. The molecule has 1 aromatic carbocycles. The normalized spacial score (nSPS) is 17.9. The van der Waals surface area contributed by atoms with E-state index in [0.29, 0.717) is 11.8 Å². The number of thiophene rings is 1.